The smallest absolute Gasteiger partial charge is 0.138 e. The van der Waals surface area contributed by atoms with Gasteiger partial charge in [-0.1, -0.05) is 19.8 Å². The number of hydrogen-bond acceptors (Lipinski definition) is 5. The second-order valence-corrected chi connectivity index (χ2v) is 6.11. The van der Waals surface area contributed by atoms with E-state index in [2.05, 4.69) is 36.3 Å². The number of hydrazine groups is 1. The van der Waals surface area contributed by atoms with Crippen molar-refractivity contribution < 1.29 is 4.74 Å². The molecule has 2 rings (SSSR count). The fourth-order valence-corrected chi connectivity index (χ4v) is 3.67. The lowest BCUT2D eigenvalue weighted by Gasteiger charge is -2.45. The average molecular weight is 295 g/mol. The van der Waals surface area contributed by atoms with Gasteiger partial charge in [-0.05, 0) is 32.6 Å². The molecule has 0 amide bonds. The summed E-state index contributed by atoms with van der Waals surface area (Å²) in [5.74, 6) is 7.53. The average Bonchev–Trinajstić information content (AvgIpc) is 2.92. The van der Waals surface area contributed by atoms with Crippen LogP contribution in [0.1, 0.15) is 52.3 Å². The van der Waals surface area contributed by atoms with Crippen LogP contribution in [0.2, 0.25) is 0 Å². The highest BCUT2D eigenvalue weighted by molar-refractivity contribution is 5.02. The number of nitrogens with one attached hydrogen (secondary N) is 1. The molecule has 1 aromatic rings. The number of rotatable bonds is 7. The van der Waals surface area contributed by atoms with E-state index >= 15 is 0 Å². The summed E-state index contributed by atoms with van der Waals surface area (Å²) in [7, 11) is 0. The fourth-order valence-electron chi connectivity index (χ4n) is 3.67. The van der Waals surface area contributed by atoms with Gasteiger partial charge in [0.25, 0.3) is 0 Å². The molecule has 1 aliphatic carbocycles. The van der Waals surface area contributed by atoms with Gasteiger partial charge in [-0.25, -0.2) is 4.98 Å². The standard InChI is InChI=1S/C15H29N5O/c1-4-20-14(17-11-18-20)9-13(19-16)15(21-5-2)8-6-7-12(3)10-15/h11-13,19H,4-10,16H2,1-3H3. The summed E-state index contributed by atoms with van der Waals surface area (Å²) in [4.78, 5) is 4.38. The first kappa shape index (κ1) is 16.4. The Bertz CT molecular complexity index is 431. The molecule has 6 nitrogen and oxygen atoms in total. The first-order valence-electron chi connectivity index (χ1n) is 8.12. The van der Waals surface area contributed by atoms with E-state index in [4.69, 9.17) is 10.6 Å². The maximum atomic E-state index is 6.22. The lowest BCUT2D eigenvalue weighted by Crippen LogP contribution is -2.58. The van der Waals surface area contributed by atoms with Gasteiger partial charge in [0, 0.05) is 19.6 Å². The van der Waals surface area contributed by atoms with Gasteiger partial charge < -0.3 is 4.74 Å². The Morgan fingerprint density at radius 1 is 1.57 bits per heavy atom. The molecule has 1 aromatic heterocycles. The van der Waals surface area contributed by atoms with E-state index in [-0.39, 0.29) is 11.6 Å². The Morgan fingerprint density at radius 3 is 3.00 bits per heavy atom. The lowest BCUT2D eigenvalue weighted by atomic mass is 9.73. The zero-order valence-electron chi connectivity index (χ0n) is 13.5. The van der Waals surface area contributed by atoms with E-state index in [1.54, 1.807) is 6.33 Å². The third kappa shape index (κ3) is 3.62. The number of nitrogens with two attached hydrogens (primary N) is 1. The molecule has 3 unspecified atom stereocenters. The maximum absolute atomic E-state index is 6.22. The Balaban J connectivity index is 2.19. The highest BCUT2D eigenvalue weighted by Gasteiger charge is 2.42. The highest BCUT2D eigenvalue weighted by atomic mass is 16.5. The van der Waals surface area contributed by atoms with Crippen LogP contribution in [0.4, 0.5) is 0 Å². The summed E-state index contributed by atoms with van der Waals surface area (Å²) in [5, 5.41) is 4.25. The molecule has 6 heteroatoms. The van der Waals surface area contributed by atoms with Gasteiger partial charge in [0.1, 0.15) is 12.2 Å². The van der Waals surface area contributed by atoms with Crippen molar-refractivity contribution in [1.29, 1.82) is 0 Å². The Morgan fingerprint density at radius 2 is 2.38 bits per heavy atom. The Labute approximate surface area is 127 Å². The second-order valence-electron chi connectivity index (χ2n) is 6.11. The lowest BCUT2D eigenvalue weighted by molar-refractivity contribution is -0.101. The monoisotopic (exact) mass is 295 g/mol. The number of ether oxygens (including phenoxy) is 1. The zero-order valence-corrected chi connectivity index (χ0v) is 13.5. The van der Waals surface area contributed by atoms with E-state index in [0.29, 0.717) is 12.5 Å². The first-order valence-corrected chi connectivity index (χ1v) is 8.12. The number of nitrogens with zero attached hydrogens (tertiary/aromatic N) is 3. The van der Waals surface area contributed by atoms with Crippen LogP contribution in [0.3, 0.4) is 0 Å². The van der Waals surface area contributed by atoms with Gasteiger partial charge in [0.2, 0.25) is 0 Å². The number of hydrogen-bond donors (Lipinski definition) is 2. The minimum Gasteiger partial charge on any atom is -0.374 e. The molecule has 0 saturated heterocycles. The van der Waals surface area contributed by atoms with E-state index in [9.17, 15) is 0 Å². The Hall–Kier alpha value is -0.980. The van der Waals surface area contributed by atoms with Crippen molar-refractivity contribution in [2.45, 2.75) is 71.1 Å². The van der Waals surface area contributed by atoms with Crippen molar-refractivity contribution in [3.8, 4) is 0 Å². The molecule has 3 N–H and O–H groups in total. The van der Waals surface area contributed by atoms with Gasteiger partial charge in [-0.15, -0.1) is 0 Å². The third-order valence-electron chi connectivity index (χ3n) is 4.64. The van der Waals surface area contributed by atoms with Gasteiger partial charge in [0.05, 0.1) is 11.6 Å². The molecule has 3 atom stereocenters. The van der Waals surface area contributed by atoms with Gasteiger partial charge in [-0.3, -0.25) is 16.0 Å². The second kappa shape index (κ2) is 7.33. The molecule has 0 spiro atoms. The highest BCUT2D eigenvalue weighted by Crippen LogP contribution is 2.38. The molecule has 120 valence electrons. The SMILES string of the molecule is CCOC1(C(Cc2ncnn2CC)NN)CCCC(C)C1. The summed E-state index contributed by atoms with van der Waals surface area (Å²) in [5.41, 5.74) is 2.81. The molecule has 1 fully saturated rings. The summed E-state index contributed by atoms with van der Waals surface area (Å²) >= 11 is 0. The molecule has 1 heterocycles. The largest absolute Gasteiger partial charge is 0.374 e. The van der Waals surface area contributed by atoms with Gasteiger partial charge in [-0.2, -0.15) is 5.10 Å². The van der Waals surface area contributed by atoms with Crippen LogP contribution in [-0.4, -0.2) is 33.0 Å². The van der Waals surface area contributed by atoms with E-state index in [1.807, 2.05) is 4.68 Å². The van der Waals surface area contributed by atoms with Crippen molar-refractivity contribution >= 4 is 0 Å². The van der Waals surface area contributed by atoms with Crippen LogP contribution in [-0.2, 0) is 17.7 Å². The fraction of sp³-hybridized carbons (Fsp3) is 0.867. The molecule has 0 aliphatic heterocycles. The van der Waals surface area contributed by atoms with Crippen LogP contribution in [0.25, 0.3) is 0 Å². The van der Waals surface area contributed by atoms with Crippen LogP contribution in [0.5, 0.6) is 0 Å². The third-order valence-corrected chi connectivity index (χ3v) is 4.64. The molecule has 21 heavy (non-hydrogen) atoms. The van der Waals surface area contributed by atoms with Crippen molar-refractivity contribution in [3.63, 3.8) is 0 Å². The van der Waals surface area contributed by atoms with Crippen LogP contribution in [0.15, 0.2) is 6.33 Å². The molecule has 0 bridgehead atoms. The van der Waals surface area contributed by atoms with Crippen LogP contribution < -0.4 is 11.3 Å². The van der Waals surface area contributed by atoms with Gasteiger partial charge >= 0.3 is 0 Å². The minimum absolute atomic E-state index is 0.0645. The number of aryl methyl sites for hydroxylation is 1. The normalized spacial score (nSPS) is 27.7. The minimum atomic E-state index is -0.189. The quantitative estimate of drug-likeness (QED) is 0.591. The topological polar surface area (TPSA) is 78.0 Å². The maximum Gasteiger partial charge on any atom is 0.138 e. The number of aromatic nitrogens is 3. The summed E-state index contributed by atoms with van der Waals surface area (Å²) in [6.45, 7) is 7.97. The molecule has 0 aromatic carbocycles. The van der Waals surface area contributed by atoms with Crippen molar-refractivity contribution in [1.82, 2.24) is 20.2 Å². The van der Waals surface area contributed by atoms with Gasteiger partial charge in [0.15, 0.2) is 0 Å². The van der Waals surface area contributed by atoms with Crippen molar-refractivity contribution in [3.05, 3.63) is 12.2 Å². The predicted octanol–water partition coefficient (Wildman–Crippen LogP) is 1.66. The predicted molar refractivity (Wildman–Crippen MR) is 82.5 cm³/mol. The Kier molecular flexibility index (Phi) is 5.72. The molecule has 0 radical (unpaired) electrons. The van der Waals surface area contributed by atoms with Crippen molar-refractivity contribution in [2.24, 2.45) is 11.8 Å². The van der Waals surface area contributed by atoms with E-state index in [0.717, 1.165) is 31.6 Å². The summed E-state index contributed by atoms with van der Waals surface area (Å²) < 4.78 is 8.14. The molecular formula is C15H29N5O. The van der Waals surface area contributed by atoms with Crippen LogP contribution in [0, 0.1) is 5.92 Å². The first-order chi connectivity index (χ1) is 10.1. The summed E-state index contributed by atoms with van der Waals surface area (Å²) in [6, 6.07) is 0.0645. The van der Waals surface area contributed by atoms with E-state index < -0.39 is 0 Å². The molecular weight excluding hydrogens is 266 g/mol. The molecule has 1 aliphatic rings. The van der Waals surface area contributed by atoms with Crippen molar-refractivity contribution in [2.75, 3.05) is 6.61 Å². The molecule has 1 saturated carbocycles. The van der Waals surface area contributed by atoms with Crippen LogP contribution >= 0.6 is 0 Å². The zero-order chi connectivity index (χ0) is 15.3. The summed E-state index contributed by atoms with van der Waals surface area (Å²) in [6.07, 6.45) is 6.94. The van der Waals surface area contributed by atoms with E-state index in [1.165, 1.54) is 12.8 Å².